The van der Waals surface area contributed by atoms with Crippen molar-refractivity contribution in [1.29, 1.82) is 0 Å². The molecule has 0 aliphatic carbocycles. The van der Waals surface area contributed by atoms with Crippen LogP contribution in [-0.4, -0.2) is 9.55 Å². The molecule has 4 nitrogen and oxygen atoms in total. The molecule has 0 amide bonds. The molecule has 1 aromatic rings. The zero-order valence-corrected chi connectivity index (χ0v) is 8.26. The Labute approximate surface area is 77.6 Å². The fraction of sp³-hybridized carbons (Fsp3) is 0.556. The van der Waals surface area contributed by atoms with E-state index in [0.29, 0.717) is 0 Å². The highest BCUT2D eigenvalue weighted by atomic mass is 16.2. The van der Waals surface area contributed by atoms with Gasteiger partial charge in [-0.15, -0.1) is 0 Å². The van der Waals surface area contributed by atoms with E-state index in [-0.39, 0.29) is 11.7 Å². The molecule has 0 bridgehead atoms. The fourth-order valence-electron chi connectivity index (χ4n) is 1.13. The molecule has 72 valence electrons. The van der Waals surface area contributed by atoms with Crippen LogP contribution < -0.4 is 11.2 Å². The summed E-state index contributed by atoms with van der Waals surface area (Å²) in [5, 5.41) is 0. The van der Waals surface area contributed by atoms with Gasteiger partial charge in [-0.25, -0.2) is 4.79 Å². The van der Waals surface area contributed by atoms with Gasteiger partial charge in [0.2, 0.25) is 0 Å². The van der Waals surface area contributed by atoms with E-state index in [1.807, 2.05) is 0 Å². The zero-order chi connectivity index (χ0) is 11.1. The van der Waals surface area contributed by atoms with E-state index in [2.05, 4.69) is 4.98 Å². The van der Waals surface area contributed by atoms with Crippen molar-refractivity contribution in [3.63, 3.8) is 0 Å². The third kappa shape index (κ3) is 1.71. The number of nitrogens with one attached hydrogen (secondary N) is 1. The first-order valence-electron chi connectivity index (χ1n) is 4.58. The molecule has 0 aliphatic rings. The van der Waals surface area contributed by atoms with Crippen molar-refractivity contribution in [3.05, 3.63) is 32.6 Å². The molecule has 0 atom stereocenters. The van der Waals surface area contributed by atoms with Crippen LogP contribution in [0.2, 0.25) is 0 Å². The highest BCUT2D eigenvalue weighted by Crippen LogP contribution is 2.06. The molecule has 13 heavy (non-hydrogen) atoms. The molecule has 4 heteroatoms. The third-order valence-corrected chi connectivity index (χ3v) is 1.75. The lowest BCUT2D eigenvalue weighted by atomic mass is 10.1. The molecule has 0 unspecified atom stereocenters. The lowest BCUT2D eigenvalue weighted by Crippen LogP contribution is -2.45. The molecule has 1 rings (SSSR count). The first-order valence-corrected chi connectivity index (χ1v) is 4.08. The first kappa shape index (κ1) is 8.29. The van der Waals surface area contributed by atoms with Crippen LogP contribution in [0.25, 0.3) is 0 Å². The zero-order valence-electron chi connectivity index (χ0n) is 9.26. The predicted molar refractivity (Wildman–Crippen MR) is 51.1 cm³/mol. The number of hydrogen-bond donors (Lipinski definition) is 1. The standard InChI is InChI=1S/C9H14N2O2/c1-6-5-10-8(13)11(7(6)12)9(2,3)4/h5H,1-4H3,(H,10,13)/i5D. The minimum atomic E-state index is -0.566. The van der Waals surface area contributed by atoms with Gasteiger partial charge < -0.3 is 4.98 Å². The Hall–Kier alpha value is -1.32. The molecule has 1 aromatic heterocycles. The lowest BCUT2D eigenvalue weighted by molar-refractivity contribution is 0.365. The van der Waals surface area contributed by atoms with Gasteiger partial charge in [0.05, 0.1) is 1.37 Å². The molecule has 0 fully saturated rings. The maximum Gasteiger partial charge on any atom is 0.328 e. The van der Waals surface area contributed by atoms with Gasteiger partial charge >= 0.3 is 5.69 Å². The summed E-state index contributed by atoms with van der Waals surface area (Å²) in [6.45, 7) is 6.84. The molecule has 0 radical (unpaired) electrons. The Kier molecular flexibility index (Phi) is 1.83. The summed E-state index contributed by atoms with van der Waals surface area (Å²) < 4.78 is 8.46. The van der Waals surface area contributed by atoms with Crippen molar-refractivity contribution in [3.8, 4) is 0 Å². The van der Waals surface area contributed by atoms with Crippen LogP contribution in [0.15, 0.2) is 15.8 Å². The monoisotopic (exact) mass is 183 g/mol. The Morgan fingerprint density at radius 3 is 2.46 bits per heavy atom. The summed E-state index contributed by atoms with van der Waals surface area (Å²) in [6, 6.07) is 0. The molecule has 0 saturated heterocycles. The second-order valence-electron chi connectivity index (χ2n) is 3.99. The number of hydrogen-bond acceptors (Lipinski definition) is 2. The van der Waals surface area contributed by atoms with Crippen LogP contribution in [0.3, 0.4) is 0 Å². The minimum absolute atomic E-state index is 0.111. The fourth-order valence-corrected chi connectivity index (χ4v) is 1.13. The third-order valence-electron chi connectivity index (χ3n) is 1.75. The number of aromatic nitrogens is 2. The SMILES string of the molecule is [2H]c1[nH]c(=O)n(C(C)(C)C)c(=O)c1C. The summed E-state index contributed by atoms with van der Waals surface area (Å²) >= 11 is 0. The van der Waals surface area contributed by atoms with E-state index in [0.717, 1.165) is 4.57 Å². The second kappa shape index (κ2) is 2.87. The largest absolute Gasteiger partial charge is 0.328 e. The summed E-state index contributed by atoms with van der Waals surface area (Å²) in [5.41, 5.74) is -1.23. The van der Waals surface area contributed by atoms with Crippen molar-refractivity contribution < 1.29 is 1.37 Å². The average molecular weight is 183 g/mol. The summed E-state index contributed by atoms with van der Waals surface area (Å²) in [6.07, 6.45) is -0.111. The van der Waals surface area contributed by atoms with Gasteiger partial charge in [0.15, 0.2) is 0 Å². The molecule has 0 saturated carbocycles. The molecular weight excluding hydrogens is 168 g/mol. The Balaban J connectivity index is 3.71. The van der Waals surface area contributed by atoms with Crippen molar-refractivity contribution >= 4 is 0 Å². The summed E-state index contributed by atoms with van der Waals surface area (Å²) in [4.78, 5) is 25.5. The molecule has 1 N–H and O–H groups in total. The molecule has 0 aliphatic heterocycles. The Morgan fingerprint density at radius 2 is 2.00 bits per heavy atom. The van der Waals surface area contributed by atoms with Gasteiger partial charge in [0.25, 0.3) is 5.56 Å². The van der Waals surface area contributed by atoms with E-state index >= 15 is 0 Å². The predicted octanol–water partition coefficient (Wildman–Crippen LogP) is 0.600. The highest BCUT2D eigenvalue weighted by Gasteiger charge is 2.18. The number of rotatable bonds is 0. The van der Waals surface area contributed by atoms with Gasteiger partial charge in [-0.3, -0.25) is 9.36 Å². The van der Waals surface area contributed by atoms with E-state index < -0.39 is 16.8 Å². The summed E-state index contributed by atoms with van der Waals surface area (Å²) in [5.74, 6) is 0. The van der Waals surface area contributed by atoms with Crippen molar-refractivity contribution in [2.75, 3.05) is 0 Å². The molecule has 0 aromatic carbocycles. The maximum atomic E-state index is 11.7. The quantitative estimate of drug-likeness (QED) is 0.640. The van der Waals surface area contributed by atoms with Crippen LogP contribution in [-0.2, 0) is 5.54 Å². The topological polar surface area (TPSA) is 54.9 Å². The van der Waals surface area contributed by atoms with Crippen molar-refractivity contribution in [2.45, 2.75) is 33.2 Å². The van der Waals surface area contributed by atoms with Crippen molar-refractivity contribution in [1.82, 2.24) is 9.55 Å². The lowest BCUT2D eigenvalue weighted by Gasteiger charge is -2.20. The van der Waals surface area contributed by atoms with Gasteiger partial charge in [0.1, 0.15) is 0 Å². The van der Waals surface area contributed by atoms with Gasteiger partial charge in [0, 0.05) is 17.3 Å². The van der Waals surface area contributed by atoms with E-state index in [4.69, 9.17) is 1.37 Å². The van der Waals surface area contributed by atoms with Crippen LogP contribution in [0.4, 0.5) is 0 Å². The van der Waals surface area contributed by atoms with Gasteiger partial charge in [-0.05, 0) is 27.7 Å². The van der Waals surface area contributed by atoms with Gasteiger partial charge in [-0.1, -0.05) is 0 Å². The van der Waals surface area contributed by atoms with Crippen LogP contribution >= 0.6 is 0 Å². The average Bonchev–Trinajstić information content (AvgIpc) is 1.97. The molecule has 1 heterocycles. The van der Waals surface area contributed by atoms with Crippen LogP contribution in [0.1, 0.15) is 27.7 Å². The van der Waals surface area contributed by atoms with E-state index in [9.17, 15) is 9.59 Å². The Bertz CT molecular complexity index is 465. The molecular formula is C9H14N2O2. The van der Waals surface area contributed by atoms with Gasteiger partial charge in [-0.2, -0.15) is 0 Å². The number of aromatic amines is 1. The normalized spacial score (nSPS) is 12.8. The van der Waals surface area contributed by atoms with E-state index in [1.54, 1.807) is 20.8 Å². The minimum Gasteiger partial charge on any atom is -0.314 e. The number of nitrogens with zero attached hydrogens (tertiary/aromatic N) is 1. The summed E-state index contributed by atoms with van der Waals surface area (Å²) in [7, 11) is 0. The maximum absolute atomic E-state index is 11.7. The van der Waals surface area contributed by atoms with Crippen LogP contribution in [0, 0.1) is 6.92 Å². The van der Waals surface area contributed by atoms with Crippen LogP contribution in [0.5, 0.6) is 0 Å². The van der Waals surface area contributed by atoms with Crippen molar-refractivity contribution in [2.24, 2.45) is 0 Å². The Morgan fingerprint density at radius 1 is 1.46 bits per heavy atom. The second-order valence-corrected chi connectivity index (χ2v) is 3.99. The smallest absolute Gasteiger partial charge is 0.314 e. The molecule has 0 spiro atoms. The highest BCUT2D eigenvalue weighted by molar-refractivity contribution is 5.02. The number of H-pyrrole nitrogens is 1. The first-order chi connectivity index (χ1) is 6.25. The van der Waals surface area contributed by atoms with E-state index in [1.165, 1.54) is 6.92 Å².